The van der Waals surface area contributed by atoms with Crippen LogP contribution < -0.4 is 10.2 Å². The van der Waals surface area contributed by atoms with Crippen LogP contribution >= 0.6 is 0 Å². The highest BCUT2D eigenvalue weighted by atomic mass is 16.2. The third kappa shape index (κ3) is 3.85. The van der Waals surface area contributed by atoms with Crippen LogP contribution in [0, 0.1) is 0 Å². The number of nitrogens with one attached hydrogen (secondary N) is 1. The van der Waals surface area contributed by atoms with Crippen molar-refractivity contribution in [3.63, 3.8) is 0 Å². The molecule has 0 bridgehead atoms. The van der Waals surface area contributed by atoms with Crippen LogP contribution in [0.5, 0.6) is 0 Å². The van der Waals surface area contributed by atoms with Crippen LogP contribution in [-0.4, -0.2) is 48.8 Å². The van der Waals surface area contributed by atoms with E-state index in [-0.39, 0.29) is 23.6 Å². The normalized spacial score (nSPS) is 19.6. The second kappa shape index (κ2) is 8.76. The largest absolute Gasteiger partial charge is 0.357 e. The third-order valence-corrected chi connectivity index (χ3v) is 6.17. The van der Waals surface area contributed by atoms with E-state index in [2.05, 4.69) is 11.9 Å². The Hall–Kier alpha value is -3.41. The highest BCUT2D eigenvalue weighted by Gasteiger charge is 2.44. The van der Waals surface area contributed by atoms with Crippen LogP contribution in [0.25, 0.3) is 0 Å². The molecule has 0 aromatic heterocycles. The van der Waals surface area contributed by atoms with Gasteiger partial charge in [0.1, 0.15) is 6.04 Å². The van der Waals surface area contributed by atoms with Gasteiger partial charge >= 0.3 is 0 Å². The molecule has 2 atom stereocenters. The van der Waals surface area contributed by atoms with Gasteiger partial charge in [0.05, 0.1) is 0 Å². The number of rotatable bonds is 6. The molecule has 31 heavy (non-hydrogen) atoms. The molecule has 6 heteroatoms. The molecular formula is C25H27N3O3. The molecule has 4 rings (SSSR count). The molecule has 0 unspecified atom stereocenters. The van der Waals surface area contributed by atoms with Gasteiger partial charge in [-0.2, -0.15) is 0 Å². The highest BCUT2D eigenvalue weighted by Crippen LogP contribution is 2.44. The maximum absolute atomic E-state index is 13.4. The van der Waals surface area contributed by atoms with Crippen molar-refractivity contribution in [1.29, 1.82) is 0 Å². The Labute approximate surface area is 182 Å². The van der Waals surface area contributed by atoms with Gasteiger partial charge in [0.15, 0.2) is 0 Å². The summed E-state index contributed by atoms with van der Waals surface area (Å²) in [6.45, 7) is 4.74. The lowest BCUT2D eigenvalue weighted by atomic mass is 9.79. The summed E-state index contributed by atoms with van der Waals surface area (Å²) in [5, 5.41) is 2.72. The predicted octanol–water partition coefficient (Wildman–Crippen LogP) is 2.90. The van der Waals surface area contributed by atoms with Gasteiger partial charge in [-0.05, 0) is 36.1 Å². The molecule has 2 aliphatic heterocycles. The highest BCUT2D eigenvalue weighted by molar-refractivity contribution is 6.06. The molecule has 1 N–H and O–H groups in total. The van der Waals surface area contributed by atoms with Gasteiger partial charge in [0.2, 0.25) is 11.8 Å². The van der Waals surface area contributed by atoms with Gasteiger partial charge in [-0.25, -0.2) is 0 Å². The number of anilines is 1. The molecule has 0 saturated heterocycles. The van der Waals surface area contributed by atoms with Gasteiger partial charge in [-0.3, -0.25) is 19.3 Å². The second-order valence-corrected chi connectivity index (χ2v) is 8.05. The van der Waals surface area contributed by atoms with Crippen molar-refractivity contribution in [2.45, 2.75) is 31.2 Å². The molecule has 6 nitrogen and oxygen atoms in total. The van der Waals surface area contributed by atoms with Gasteiger partial charge in [-0.1, -0.05) is 42.5 Å². The van der Waals surface area contributed by atoms with Gasteiger partial charge < -0.3 is 10.2 Å². The average molecular weight is 418 g/mol. The zero-order chi connectivity index (χ0) is 22.0. The molecule has 160 valence electrons. The van der Waals surface area contributed by atoms with Crippen molar-refractivity contribution < 1.29 is 14.4 Å². The average Bonchev–Trinajstić information content (AvgIpc) is 2.80. The van der Waals surface area contributed by atoms with Crippen molar-refractivity contribution in [3.05, 3.63) is 77.9 Å². The number of nitrogens with zero attached hydrogens (tertiary/aromatic N) is 2. The van der Waals surface area contributed by atoms with E-state index in [4.69, 9.17) is 0 Å². The summed E-state index contributed by atoms with van der Waals surface area (Å²) >= 11 is 0. The van der Waals surface area contributed by atoms with Crippen LogP contribution in [0.3, 0.4) is 0 Å². The topological polar surface area (TPSA) is 69.7 Å². The molecule has 2 heterocycles. The Morgan fingerprint density at radius 1 is 1.16 bits per heavy atom. The molecule has 0 radical (unpaired) electrons. The fraction of sp³-hybridized carbons (Fsp3) is 0.320. The minimum atomic E-state index is -0.597. The Bertz CT molecular complexity index is 1020. The zero-order valence-corrected chi connectivity index (χ0v) is 17.7. The lowest BCUT2D eigenvalue weighted by Gasteiger charge is -2.44. The van der Waals surface area contributed by atoms with E-state index in [1.165, 1.54) is 0 Å². The minimum Gasteiger partial charge on any atom is -0.357 e. The van der Waals surface area contributed by atoms with Crippen LogP contribution in [0.15, 0.2) is 61.2 Å². The maximum Gasteiger partial charge on any atom is 0.254 e. The summed E-state index contributed by atoms with van der Waals surface area (Å²) < 4.78 is 0. The fourth-order valence-electron chi connectivity index (χ4n) is 4.75. The molecule has 0 fully saturated rings. The summed E-state index contributed by atoms with van der Waals surface area (Å²) in [5.41, 5.74) is 3.27. The Morgan fingerprint density at radius 3 is 2.65 bits per heavy atom. The number of amides is 3. The van der Waals surface area contributed by atoms with E-state index in [0.29, 0.717) is 43.6 Å². The van der Waals surface area contributed by atoms with Crippen molar-refractivity contribution >= 4 is 23.4 Å². The first-order valence-electron chi connectivity index (χ1n) is 10.7. The SMILES string of the molecule is C=CCN1C[C@@H]2C[C@@H](C(=O)NC)N(C(=O)CCc3ccccc3)c3cccc(c32)C1=O. The van der Waals surface area contributed by atoms with Crippen LogP contribution in [-0.2, 0) is 16.0 Å². The molecule has 0 aliphatic carbocycles. The van der Waals surface area contributed by atoms with Crippen molar-refractivity contribution in [2.75, 3.05) is 25.0 Å². The number of benzene rings is 2. The lowest BCUT2D eigenvalue weighted by molar-refractivity contribution is -0.126. The molecule has 0 saturated carbocycles. The van der Waals surface area contributed by atoms with Crippen molar-refractivity contribution in [1.82, 2.24) is 10.2 Å². The van der Waals surface area contributed by atoms with E-state index >= 15 is 0 Å². The number of carbonyl (C=O) groups excluding carboxylic acids is 3. The molecule has 0 spiro atoms. The number of aryl methyl sites for hydroxylation is 1. The summed E-state index contributed by atoms with van der Waals surface area (Å²) in [6.07, 6.45) is 3.09. The standard InChI is InChI=1S/C25H27N3O3/c1-3-14-27-16-18-15-21(24(30)26-2)28(20-11-7-10-19(23(18)20)25(27)31)22(29)13-12-17-8-5-4-6-9-17/h3-11,18,21H,1,12-16H2,2H3,(H,26,30)/t18-,21-/m0/s1. The third-order valence-electron chi connectivity index (χ3n) is 6.17. The number of carbonyl (C=O) groups is 3. The Balaban J connectivity index is 1.71. The molecule has 2 aromatic carbocycles. The van der Waals surface area contributed by atoms with E-state index in [1.807, 2.05) is 42.5 Å². The van der Waals surface area contributed by atoms with Crippen LogP contribution in [0.1, 0.15) is 40.2 Å². The summed E-state index contributed by atoms with van der Waals surface area (Å²) in [7, 11) is 1.59. The van der Waals surface area contributed by atoms with E-state index in [1.54, 1.807) is 29.0 Å². The van der Waals surface area contributed by atoms with E-state index in [9.17, 15) is 14.4 Å². The first-order chi connectivity index (χ1) is 15.0. The predicted molar refractivity (Wildman–Crippen MR) is 120 cm³/mol. The van der Waals surface area contributed by atoms with Crippen molar-refractivity contribution in [3.8, 4) is 0 Å². The fourth-order valence-corrected chi connectivity index (χ4v) is 4.75. The molecule has 3 amide bonds. The maximum atomic E-state index is 13.4. The number of hydrogen-bond donors (Lipinski definition) is 1. The molecular weight excluding hydrogens is 390 g/mol. The van der Waals surface area contributed by atoms with Gasteiger partial charge in [0.25, 0.3) is 5.91 Å². The first-order valence-corrected chi connectivity index (χ1v) is 10.7. The summed E-state index contributed by atoms with van der Waals surface area (Å²) in [5.74, 6) is -0.339. The van der Waals surface area contributed by atoms with Crippen LogP contribution in [0.4, 0.5) is 5.69 Å². The van der Waals surface area contributed by atoms with E-state index in [0.717, 1.165) is 11.1 Å². The molecule has 2 aliphatic rings. The Morgan fingerprint density at radius 2 is 1.94 bits per heavy atom. The van der Waals surface area contributed by atoms with E-state index < -0.39 is 6.04 Å². The second-order valence-electron chi connectivity index (χ2n) is 8.05. The van der Waals surface area contributed by atoms with Gasteiger partial charge in [-0.15, -0.1) is 6.58 Å². The summed E-state index contributed by atoms with van der Waals surface area (Å²) in [4.78, 5) is 42.6. The van der Waals surface area contributed by atoms with Crippen LogP contribution in [0.2, 0.25) is 0 Å². The number of hydrogen-bond acceptors (Lipinski definition) is 3. The monoisotopic (exact) mass is 417 g/mol. The number of likely N-dealkylation sites (N-methyl/N-ethyl adjacent to an activating group) is 1. The molecule has 2 aromatic rings. The zero-order valence-electron chi connectivity index (χ0n) is 17.7. The smallest absolute Gasteiger partial charge is 0.254 e. The summed E-state index contributed by atoms with van der Waals surface area (Å²) in [6, 6.07) is 14.7. The lowest BCUT2D eigenvalue weighted by Crippen LogP contribution is -2.55. The minimum absolute atomic E-state index is 0.00400. The Kier molecular flexibility index (Phi) is 5.89. The first kappa shape index (κ1) is 20.8. The quantitative estimate of drug-likeness (QED) is 0.735. The van der Waals surface area contributed by atoms with Gasteiger partial charge in [0, 0.05) is 43.7 Å². The van der Waals surface area contributed by atoms with Crippen molar-refractivity contribution in [2.24, 2.45) is 0 Å².